The highest BCUT2D eigenvalue weighted by atomic mass is 35.5. The summed E-state index contributed by atoms with van der Waals surface area (Å²) in [6, 6.07) is 0. The molecule has 0 aromatic carbocycles. The quantitative estimate of drug-likeness (QED) is 0.727. The SMILES string of the molecule is Clc1nc(-c2cnccn2)nc2c1CSC2. The number of thioether (sulfide) groups is 1. The van der Waals surface area contributed by atoms with E-state index in [-0.39, 0.29) is 0 Å². The van der Waals surface area contributed by atoms with Crippen LogP contribution in [0.2, 0.25) is 5.15 Å². The van der Waals surface area contributed by atoms with Crippen LogP contribution in [0, 0.1) is 0 Å². The van der Waals surface area contributed by atoms with Crippen molar-refractivity contribution in [2.45, 2.75) is 11.5 Å². The summed E-state index contributed by atoms with van der Waals surface area (Å²) in [4.78, 5) is 16.9. The first kappa shape index (κ1) is 9.99. The first-order valence-electron chi connectivity index (χ1n) is 4.74. The first-order chi connectivity index (χ1) is 7.84. The van der Waals surface area contributed by atoms with E-state index in [9.17, 15) is 0 Å². The Kier molecular flexibility index (Phi) is 2.49. The Labute approximate surface area is 102 Å². The molecule has 0 radical (unpaired) electrons. The Morgan fingerprint density at radius 1 is 1.19 bits per heavy atom. The second-order valence-electron chi connectivity index (χ2n) is 3.35. The number of nitrogens with zero attached hydrogens (tertiary/aromatic N) is 4. The summed E-state index contributed by atoms with van der Waals surface area (Å²) >= 11 is 7.91. The minimum Gasteiger partial charge on any atom is -0.261 e. The van der Waals surface area contributed by atoms with Gasteiger partial charge in [0.15, 0.2) is 5.82 Å². The van der Waals surface area contributed by atoms with Gasteiger partial charge in [-0.25, -0.2) is 15.0 Å². The highest BCUT2D eigenvalue weighted by Gasteiger charge is 2.19. The molecule has 0 saturated heterocycles. The van der Waals surface area contributed by atoms with Gasteiger partial charge in [-0.3, -0.25) is 4.98 Å². The molecule has 6 heteroatoms. The molecule has 4 nitrogen and oxygen atoms in total. The summed E-state index contributed by atoms with van der Waals surface area (Å²) in [5.74, 6) is 2.35. The van der Waals surface area contributed by atoms with Crippen LogP contribution in [0.15, 0.2) is 18.6 Å². The fourth-order valence-corrected chi connectivity index (χ4v) is 2.92. The third-order valence-corrected chi connectivity index (χ3v) is 3.60. The van der Waals surface area contributed by atoms with Crippen molar-refractivity contribution in [2.75, 3.05) is 0 Å². The third kappa shape index (κ3) is 1.66. The number of aromatic nitrogens is 4. The molecule has 0 atom stereocenters. The molecule has 2 aromatic heterocycles. The van der Waals surface area contributed by atoms with E-state index in [4.69, 9.17) is 11.6 Å². The van der Waals surface area contributed by atoms with Crippen molar-refractivity contribution in [1.29, 1.82) is 0 Å². The summed E-state index contributed by atoms with van der Waals surface area (Å²) in [5, 5.41) is 0.538. The standard InChI is InChI=1S/C10H7ClN4S/c11-9-6-4-16-5-8(6)14-10(15-9)7-3-12-1-2-13-7/h1-3H,4-5H2. The normalized spacial score (nSPS) is 13.8. The van der Waals surface area contributed by atoms with E-state index in [1.165, 1.54) is 0 Å². The summed E-state index contributed by atoms with van der Waals surface area (Å²) in [6.45, 7) is 0. The molecule has 16 heavy (non-hydrogen) atoms. The lowest BCUT2D eigenvalue weighted by Gasteiger charge is -2.03. The summed E-state index contributed by atoms with van der Waals surface area (Å²) in [7, 11) is 0. The van der Waals surface area contributed by atoms with Crippen molar-refractivity contribution < 1.29 is 0 Å². The van der Waals surface area contributed by atoms with E-state index in [1.54, 1.807) is 30.4 Å². The van der Waals surface area contributed by atoms with Crippen molar-refractivity contribution >= 4 is 23.4 Å². The zero-order valence-electron chi connectivity index (χ0n) is 8.22. The second-order valence-corrected chi connectivity index (χ2v) is 4.69. The molecule has 0 N–H and O–H groups in total. The molecular formula is C10H7ClN4S. The lowest BCUT2D eigenvalue weighted by Crippen LogP contribution is -1.98. The highest BCUT2D eigenvalue weighted by Crippen LogP contribution is 2.33. The van der Waals surface area contributed by atoms with E-state index < -0.39 is 0 Å². The van der Waals surface area contributed by atoms with Gasteiger partial charge >= 0.3 is 0 Å². The van der Waals surface area contributed by atoms with Crippen LogP contribution in [0.1, 0.15) is 11.3 Å². The molecule has 0 amide bonds. The van der Waals surface area contributed by atoms with Crippen LogP contribution in [0.4, 0.5) is 0 Å². The van der Waals surface area contributed by atoms with Crippen LogP contribution >= 0.6 is 23.4 Å². The van der Waals surface area contributed by atoms with E-state index in [2.05, 4.69) is 19.9 Å². The third-order valence-electron chi connectivity index (χ3n) is 2.32. The van der Waals surface area contributed by atoms with Crippen LogP contribution < -0.4 is 0 Å². The van der Waals surface area contributed by atoms with Crippen LogP contribution in [-0.4, -0.2) is 19.9 Å². The molecular weight excluding hydrogens is 244 g/mol. The average Bonchev–Trinajstić information content (AvgIpc) is 2.79. The summed E-state index contributed by atoms with van der Waals surface area (Å²) in [5.41, 5.74) is 2.73. The monoisotopic (exact) mass is 250 g/mol. The lowest BCUT2D eigenvalue weighted by molar-refractivity contribution is 1.05. The fraction of sp³-hybridized carbons (Fsp3) is 0.200. The molecule has 80 valence electrons. The molecule has 3 rings (SSSR count). The smallest absolute Gasteiger partial charge is 0.181 e. The Morgan fingerprint density at radius 2 is 2.12 bits per heavy atom. The van der Waals surface area contributed by atoms with Crippen molar-refractivity contribution in [2.24, 2.45) is 0 Å². The Balaban J connectivity index is 2.13. The molecule has 0 fully saturated rings. The van der Waals surface area contributed by atoms with Crippen LogP contribution in [-0.2, 0) is 11.5 Å². The predicted molar refractivity (Wildman–Crippen MR) is 63.1 cm³/mol. The van der Waals surface area contributed by atoms with Crippen molar-refractivity contribution in [3.8, 4) is 11.5 Å². The largest absolute Gasteiger partial charge is 0.261 e. The Morgan fingerprint density at radius 3 is 2.94 bits per heavy atom. The van der Waals surface area contributed by atoms with Crippen molar-refractivity contribution in [3.63, 3.8) is 0 Å². The van der Waals surface area contributed by atoms with E-state index in [0.29, 0.717) is 16.7 Å². The van der Waals surface area contributed by atoms with E-state index in [0.717, 1.165) is 22.8 Å². The van der Waals surface area contributed by atoms with Gasteiger partial charge in [-0.05, 0) is 0 Å². The minimum absolute atomic E-state index is 0.538. The minimum atomic E-state index is 0.538. The molecule has 1 aliphatic heterocycles. The summed E-state index contributed by atoms with van der Waals surface area (Å²) < 4.78 is 0. The zero-order valence-corrected chi connectivity index (χ0v) is 9.79. The van der Waals surface area contributed by atoms with Crippen LogP contribution in [0.25, 0.3) is 11.5 Å². The average molecular weight is 251 g/mol. The van der Waals surface area contributed by atoms with Crippen LogP contribution in [0.5, 0.6) is 0 Å². The first-order valence-corrected chi connectivity index (χ1v) is 6.27. The van der Waals surface area contributed by atoms with E-state index in [1.807, 2.05) is 0 Å². The Bertz CT molecular complexity index is 532. The van der Waals surface area contributed by atoms with Gasteiger partial charge < -0.3 is 0 Å². The predicted octanol–water partition coefficient (Wildman–Crippen LogP) is 2.33. The molecule has 0 saturated carbocycles. The molecule has 2 aromatic rings. The summed E-state index contributed by atoms with van der Waals surface area (Å²) in [6.07, 6.45) is 4.88. The molecule has 0 aliphatic carbocycles. The van der Waals surface area contributed by atoms with E-state index >= 15 is 0 Å². The number of fused-ring (bicyclic) bond motifs is 1. The van der Waals surface area contributed by atoms with Gasteiger partial charge in [0.05, 0.1) is 11.9 Å². The number of halogens is 1. The van der Waals surface area contributed by atoms with Gasteiger partial charge in [-0.1, -0.05) is 11.6 Å². The van der Waals surface area contributed by atoms with Crippen molar-refractivity contribution in [1.82, 2.24) is 19.9 Å². The molecule has 1 aliphatic rings. The van der Waals surface area contributed by atoms with Crippen molar-refractivity contribution in [3.05, 3.63) is 35.0 Å². The lowest BCUT2D eigenvalue weighted by atomic mass is 10.2. The fourth-order valence-electron chi connectivity index (χ4n) is 1.54. The van der Waals surface area contributed by atoms with Gasteiger partial charge in [0.2, 0.25) is 0 Å². The maximum absolute atomic E-state index is 6.11. The van der Waals surface area contributed by atoms with Gasteiger partial charge in [0.25, 0.3) is 0 Å². The zero-order chi connectivity index (χ0) is 11.0. The molecule has 0 unspecified atom stereocenters. The van der Waals surface area contributed by atoms with Gasteiger partial charge in [0.1, 0.15) is 10.8 Å². The van der Waals surface area contributed by atoms with Gasteiger partial charge in [-0.15, -0.1) is 0 Å². The highest BCUT2D eigenvalue weighted by molar-refractivity contribution is 7.98. The maximum atomic E-state index is 6.11. The number of hydrogen-bond donors (Lipinski definition) is 0. The van der Waals surface area contributed by atoms with Gasteiger partial charge in [0, 0.05) is 29.5 Å². The number of hydrogen-bond acceptors (Lipinski definition) is 5. The van der Waals surface area contributed by atoms with Crippen LogP contribution in [0.3, 0.4) is 0 Å². The Hall–Kier alpha value is -1.20. The number of rotatable bonds is 1. The molecule has 0 bridgehead atoms. The maximum Gasteiger partial charge on any atom is 0.181 e. The van der Waals surface area contributed by atoms with Gasteiger partial charge in [-0.2, -0.15) is 11.8 Å². The molecule has 0 spiro atoms. The molecule has 3 heterocycles. The topological polar surface area (TPSA) is 51.6 Å². The second kappa shape index (κ2) is 3.99.